The van der Waals surface area contributed by atoms with E-state index in [1.54, 1.807) is 57.7 Å². The normalized spacial score (nSPS) is 13.0. The largest absolute Gasteiger partial charge is 0.416 e. The van der Waals surface area contributed by atoms with Crippen LogP contribution in [0.25, 0.3) is 150 Å². The maximum absolute atomic E-state index is 15.6. The summed E-state index contributed by atoms with van der Waals surface area (Å²) in [5.74, 6) is 0. The summed E-state index contributed by atoms with van der Waals surface area (Å²) < 4.78 is 194. The van der Waals surface area contributed by atoms with Crippen molar-refractivity contribution in [1.82, 2.24) is 18.3 Å². The molecule has 92 heavy (non-hydrogen) atoms. The molecule has 0 aliphatic rings. The van der Waals surface area contributed by atoms with Crippen molar-refractivity contribution in [3.8, 4) is 34.9 Å². The van der Waals surface area contributed by atoms with Crippen molar-refractivity contribution in [3.05, 3.63) is 228 Å². The molecule has 0 saturated carbocycles. The molecule has 0 fully saturated rings. The van der Waals surface area contributed by atoms with Crippen molar-refractivity contribution in [3.63, 3.8) is 0 Å². The van der Waals surface area contributed by atoms with E-state index in [-0.39, 0.29) is 49.6 Å². The van der Waals surface area contributed by atoms with E-state index in [9.17, 15) is 10.5 Å². The minimum absolute atomic E-state index is 0.00452. The molecule has 11 aromatic carbocycles. The maximum atomic E-state index is 15.6. The van der Waals surface area contributed by atoms with Gasteiger partial charge < -0.3 is 18.3 Å². The van der Waals surface area contributed by atoms with E-state index in [4.69, 9.17) is 0 Å². The molecule has 0 aliphatic carbocycles. The Hall–Kier alpha value is -10.8. The number of para-hydroxylation sites is 2. The predicted octanol–water partition coefficient (Wildman–Crippen LogP) is 22.6. The number of hydrogen-bond donors (Lipinski definition) is 0. The Bertz CT molecular complexity index is 5880. The third-order valence-corrected chi connectivity index (χ3v) is 20.0. The van der Waals surface area contributed by atoms with Crippen molar-refractivity contribution in [2.45, 2.75) is 24.7 Å². The number of alkyl halides is 12. The van der Waals surface area contributed by atoms with Gasteiger partial charge in [-0.1, -0.05) is 97.1 Å². The highest BCUT2D eigenvalue weighted by atomic mass is 32.1. The molecule has 6 nitrogen and oxygen atoms in total. The SMILES string of the molecule is N#Cc1c(-n2c3cc(C(F)(F)F)ccc3c3ccc(C(F)(F)F)cc32)c(C#N)c(-n2c3ccccc3c3cc4c(cc32)sc2ccccc24)c(-n2c3cc(C(F)(F)F)ccc3c3ccc(C(F)(F)F)cc32)c1-n1c2ccccc2c2cc3c(cc21)sc1ccccc13. The number of nitriles is 2. The van der Waals surface area contributed by atoms with Crippen LogP contribution in [0.5, 0.6) is 0 Å². The standard InChI is InChI=1S/C72H32F12N6S2/c73-69(74,75)35-17-21-41-42-22-18-36(70(76,77)78)26-56(42)89(55(41)25-35)65-51(33-85)66(87-53-13-5-1-9-39(53)47-29-49-45-11-3-7-15-61(45)91-63(49)31-59(47)87)68(90-57-27-37(71(79,80)81)19-23-43(57)44-24-20-38(28-58(44)90)72(82,83)84)67(52(65)34-86)88-54-14-6-2-10-40(54)48-30-50-46-12-4-8-16-62(46)92-64(50)32-60(48)88/h1-32H. The summed E-state index contributed by atoms with van der Waals surface area (Å²) >= 11 is 2.81. The number of nitrogens with zero attached hydrogens (tertiary/aromatic N) is 6. The minimum Gasteiger partial charge on any atom is -0.306 e. The van der Waals surface area contributed by atoms with Crippen molar-refractivity contribution < 1.29 is 52.7 Å². The van der Waals surface area contributed by atoms with E-state index in [0.29, 0.717) is 65.1 Å². The van der Waals surface area contributed by atoms with Gasteiger partial charge in [-0.05, 0) is 97.1 Å². The monoisotopic (exact) mass is 1270 g/mol. The molecular weight excluding hydrogens is 1240 g/mol. The summed E-state index contributed by atoms with van der Waals surface area (Å²) in [7, 11) is 0. The first-order chi connectivity index (χ1) is 44.1. The quantitative estimate of drug-likeness (QED) is 0.165. The lowest BCUT2D eigenvalue weighted by Crippen LogP contribution is -2.17. The summed E-state index contributed by atoms with van der Waals surface area (Å²) in [6.45, 7) is 0. The van der Waals surface area contributed by atoms with E-state index in [0.717, 1.165) is 96.2 Å². The molecule has 0 spiro atoms. The highest BCUT2D eigenvalue weighted by Gasteiger charge is 2.40. The van der Waals surface area contributed by atoms with Crippen LogP contribution in [0.3, 0.4) is 0 Å². The number of rotatable bonds is 4. The van der Waals surface area contributed by atoms with Crippen LogP contribution in [0.4, 0.5) is 52.7 Å². The molecule has 0 bridgehead atoms. The summed E-state index contributed by atoms with van der Waals surface area (Å²) in [4.78, 5) is 0. The molecule has 0 radical (unpaired) electrons. The Kier molecular flexibility index (Phi) is 11.3. The second-order valence-corrected chi connectivity index (χ2v) is 24.8. The highest BCUT2D eigenvalue weighted by molar-refractivity contribution is 7.26. The van der Waals surface area contributed by atoms with E-state index >= 15 is 52.7 Å². The molecule has 17 aromatic rings. The Balaban J connectivity index is 1.21. The molecule has 6 aromatic heterocycles. The summed E-state index contributed by atoms with van der Waals surface area (Å²) in [6.07, 6.45) is -20.3. The molecule has 0 amide bonds. The van der Waals surface area contributed by atoms with Crippen LogP contribution in [0.15, 0.2) is 194 Å². The zero-order valence-electron chi connectivity index (χ0n) is 46.5. The lowest BCUT2D eigenvalue weighted by Gasteiger charge is -2.27. The molecular formula is C72H32F12N6S2. The Morgan fingerprint density at radius 3 is 0.870 bits per heavy atom. The number of fused-ring (bicyclic) bond motifs is 18. The van der Waals surface area contributed by atoms with E-state index in [1.165, 1.54) is 27.2 Å². The van der Waals surface area contributed by atoms with Crippen LogP contribution in [0, 0.1) is 22.7 Å². The Morgan fingerprint density at radius 2 is 0.533 bits per heavy atom. The smallest absolute Gasteiger partial charge is 0.306 e. The molecule has 0 atom stereocenters. The lowest BCUT2D eigenvalue weighted by atomic mass is 9.98. The van der Waals surface area contributed by atoms with Gasteiger partial charge in [0.05, 0.1) is 89.1 Å². The second-order valence-electron chi connectivity index (χ2n) is 22.6. The number of halogens is 12. The van der Waals surface area contributed by atoms with Crippen molar-refractivity contribution >= 4 is 150 Å². The fraction of sp³-hybridized carbons (Fsp3) is 0.0556. The Labute approximate surface area is 516 Å². The van der Waals surface area contributed by atoms with Crippen LogP contribution >= 0.6 is 22.7 Å². The summed E-state index contributed by atoms with van der Waals surface area (Å²) in [6, 6.07) is 51.5. The molecule has 6 heterocycles. The molecule has 17 rings (SSSR count). The summed E-state index contributed by atoms with van der Waals surface area (Å²) in [5, 5.41) is 30.6. The van der Waals surface area contributed by atoms with E-state index < -0.39 is 74.8 Å². The number of benzene rings is 11. The van der Waals surface area contributed by atoms with Crippen LogP contribution < -0.4 is 0 Å². The van der Waals surface area contributed by atoms with Crippen molar-refractivity contribution in [1.29, 1.82) is 10.5 Å². The van der Waals surface area contributed by atoms with Crippen LogP contribution in [-0.4, -0.2) is 18.3 Å². The van der Waals surface area contributed by atoms with Gasteiger partial charge in [0.2, 0.25) is 0 Å². The minimum atomic E-state index is -5.08. The van der Waals surface area contributed by atoms with Gasteiger partial charge in [0, 0.05) is 83.4 Å². The van der Waals surface area contributed by atoms with Gasteiger partial charge in [-0.25, -0.2) is 0 Å². The van der Waals surface area contributed by atoms with Crippen LogP contribution in [0.2, 0.25) is 0 Å². The maximum Gasteiger partial charge on any atom is 0.416 e. The Morgan fingerprint density at radius 1 is 0.250 bits per heavy atom. The van der Waals surface area contributed by atoms with Gasteiger partial charge in [-0.2, -0.15) is 63.2 Å². The third-order valence-electron chi connectivity index (χ3n) is 17.7. The average molecular weight is 1270 g/mol. The molecule has 0 saturated heterocycles. The highest BCUT2D eigenvalue weighted by Crippen LogP contribution is 2.53. The molecule has 0 aliphatic heterocycles. The molecule has 0 unspecified atom stereocenters. The second kappa shape index (κ2) is 18.9. The molecule has 446 valence electrons. The topological polar surface area (TPSA) is 67.3 Å². The summed E-state index contributed by atoms with van der Waals surface area (Å²) in [5.41, 5.74) is -8.04. The fourth-order valence-corrected chi connectivity index (χ4v) is 16.1. The van der Waals surface area contributed by atoms with Crippen molar-refractivity contribution in [2.75, 3.05) is 0 Å². The fourth-order valence-electron chi connectivity index (χ4n) is 13.9. The number of thiophene rings is 2. The van der Waals surface area contributed by atoms with Gasteiger partial charge in [0.1, 0.15) is 23.3 Å². The van der Waals surface area contributed by atoms with Crippen molar-refractivity contribution in [2.24, 2.45) is 0 Å². The first-order valence-corrected chi connectivity index (χ1v) is 29.9. The predicted molar refractivity (Wildman–Crippen MR) is 339 cm³/mol. The first kappa shape index (κ1) is 55.3. The van der Waals surface area contributed by atoms with Crippen LogP contribution in [0.1, 0.15) is 33.4 Å². The zero-order chi connectivity index (χ0) is 63.4. The first-order valence-electron chi connectivity index (χ1n) is 28.3. The van der Waals surface area contributed by atoms with Gasteiger partial charge >= 0.3 is 24.7 Å². The molecule has 0 N–H and O–H groups in total. The zero-order valence-corrected chi connectivity index (χ0v) is 48.1. The number of aromatic nitrogens is 4. The van der Waals surface area contributed by atoms with Gasteiger partial charge in [-0.3, -0.25) is 0 Å². The third kappa shape index (κ3) is 7.80. The van der Waals surface area contributed by atoms with E-state index in [2.05, 4.69) is 12.1 Å². The van der Waals surface area contributed by atoms with Gasteiger partial charge in [0.15, 0.2) is 0 Å². The van der Waals surface area contributed by atoms with Gasteiger partial charge in [0.25, 0.3) is 0 Å². The molecule has 20 heteroatoms. The van der Waals surface area contributed by atoms with Crippen LogP contribution in [-0.2, 0) is 24.7 Å². The average Bonchev–Trinajstić information content (AvgIpc) is 1.51. The van der Waals surface area contributed by atoms with Gasteiger partial charge in [-0.15, -0.1) is 22.7 Å². The number of hydrogen-bond acceptors (Lipinski definition) is 4. The lowest BCUT2D eigenvalue weighted by molar-refractivity contribution is -0.138. The van der Waals surface area contributed by atoms with E-state index in [1.807, 2.05) is 72.8 Å².